The van der Waals surface area contributed by atoms with Gasteiger partial charge in [0.15, 0.2) is 0 Å². The van der Waals surface area contributed by atoms with E-state index >= 15 is 0 Å². The van der Waals surface area contributed by atoms with Crippen molar-refractivity contribution >= 4 is 5.97 Å². The maximum absolute atomic E-state index is 10.5. The largest absolute Gasteiger partial charge is 0.481 e. The monoisotopic (exact) mass is 152 g/mol. The van der Waals surface area contributed by atoms with E-state index in [0.717, 1.165) is 12.3 Å². The third-order valence-corrected chi connectivity index (χ3v) is 2.68. The van der Waals surface area contributed by atoms with E-state index in [1.54, 1.807) is 0 Å². The average Bonchev–Trinajstić information content (AvgIpc) is 2.83. The Morgan fingerprint density at radius 1 is 1.55 bits per heavy atom. The van der Waals surface area contributed by atoms with Gasteiger partial charge in [-0.15, -0.1) is 0 Å². The highest BCUT2D eigenvalue weighted by Crippen LogP contribution is 2.47. The van der Waals surface area contributed by atoms with E-state index in [2.05, 4.69) is 6.92 Å². The van der Waals surface area contributed by atoms with Crippen LogP contribution in [-0.2, 0) is 4.79 Å². The van der Waals surface area contributed by atoms with Crippen LogP contribution in [0.3, 0.4) is 0 Å². The molecule has 60 valence electrons. The fourth-order valence-corrected chi connectivity index (χ4v) is 1.61. The first kappa shape index (κ1) is 6.89. The molecule has 1 unspecified atom stereocenters. The zero-order valence-electron chi connectivity index (χ0n) is 6.63. The van der Waals surface area contributed by atoms with Crippen LogP contribution in [0, 0.1) is 11.8 Å². The van der Waals surface area contributed by atoms with Crippen molar-refractivity contribution in [2.75, 3.05) is 0 Å². The molecule has 2 aliphatic rings. The van der Waals surface area contributed by atoms with Crippen molar-refractivity contribution in [2.45, 2.75) is 26.2 Å². The van der Waals surface area contributed by atoms with Crippen LogP contribution in [0.5, 0.6) is 0 Å². The van der Waals surface area contributed by atoms with E-state index in [1.807, 2.05) is 0 Å². The van der Waals surface area contributed by atoms with Crippen molar-refractivity contribution in [3.8, 4) is 0 Å². The number of rotatable bonds is 2. The first-order valence-electron chi connectivity index (χ1n) is 4.12. The van der Waals surface area contributed by atoms with Crippen molar-refractivity contribution < 1.29 is 9.90 Å². The van der Waals surface area contributed by atoms with Gasteiger partial charge in [-0.25, -0.2) is 0 Å². The van der Waals surface area contributed by atoms with Gasteiger partial charge in [0, 0.05) is 0 Å². The number of carbonyl (C=O) groups is 1. The fraction of sp³-hybridized carbons (Fsp3) is 0.667. The number of aliphatic carboxylic acids is 1. The van der Waals surface area contributed by atoms with Gasteiger partial charge >= 0.3 is 5.97 Å². The van der Waals surface area contributed by atoms with Crippen LogP contribution < -0.4 is 0 Å². The number of carboxylic acids is 1. The Balaban J connectivity index is 2.07. The molecule has 2 fully saturated rings. The molecular weight excluding hydrogens is 140 g/mol. The van der Waals surface area contributed by atoms with Crippen LogP contribution in [0.25, 0.3) is 0 Å². The van der Waals surface area contributed by atoms with Crippen molar-refractivity contribution in [3.05, 3.63) is 11.1 Å². The topological polar surface area (TPSA) is 37.3 Å². The molecule has 2 rings (SSSR count). The summed E-state index contributed by atoms with van der Waals surface area (Å²) >= 11 is 0. The summed E-state index contributed by atoms with van der Waals surface area (Å²) in [6.45, 7) is 2.09. The highest BCUT2D eigenvalue weighted by Gasteiger charge is 2.41. The zero-order chi connectivity index (χ0) is 8.01. The molecule has 2 nitrogen and oxygen atoms in total. The molecule has 1 atom stereocenters. The lowest BCUT2D eigenvalue weighted by Crippen LogP contribution is -1.96. The van der Waals surface area contributed by atoms with Crippen molar-refractivity contribution in [1.82, 2.24) is 0 Å². The molecule has 0 aromatic rings. The Kier molecular flexibility index (Phi) is 1.31. The Labute approximate surface area is 65.9 Å². The summed E-state index contributed by atoms with van der Waals surface area (Å²) in [6, 6.07) is 0. The predicted molar refractivity (Wildman–Crippen MR) is 41.2 cm³/mol. The lowest BCUT2D eigenvalue weighted by atomic mass is 10.1. The zero-order valence-corrected chi connectivity index (χ0v) is 6.63. The number of carboxylic acid groups (broad SMARTS) is 1. The van der Waals surface area contributed by atoms with E-state index in [-0.39, 0.29) is 5.92 Å². The van der Waals surface area contributed by atoms with E-state index < -0.39 is 5.97 Å². The lowest BCUT2D eigenvalue weighted by molar-refractivity contribution is -0.138. The second-order valence-electron chi connectivity index (χ2n) is 3.58. The Morgan fingerprint density at radius 2 is 2.18 bits per heavy atom. The first-order valence-corrected chi connectivity index (χ1v) is 4.12. The summed E-state index contributed by atoms with van der Waals surface area (Å²) in [6.07, 6.45) is 3.38. The molecule has 11 heavy (non-hydrogen) atoms. The standard InChI is InChI=1S/C9H12O2/c1-5(6-2-3-6)7-4-8(7)9(10)11/h6,8H,2-4H2,1H3,(H,10,11). The van der Waals surface area contributed by atoms with Crippen LogP contribution in [0.4, 0.5) is 0 Å². The smallest absolute Gasteiger partial charge is 0.310 e. The second kappa shape index (κ2) is 2.10. The third-order valence-electron chi connectivity index (χ3n) is 2.68. The molecule has 0 heterocycles. The molecule has 0 spiro atoms. The summed E-state index contributed by atoms with van der Waals surface area (Å²) in [5.41, 5.74) is 2.58. The Hall–Kier alpha value is -0.790. The van der Waals surface area contributed by atoms with E-state index in [1.165, 1.54) is 24.0 Å². The molecular formula is C9H12O2. The maximum Gasteiger partial charge on any atom is 0.310 e. The predicted octanol–water partition coefficient (Wildman–Crippen LogP) is 1.82. The fourth-order valence-electron chi connectivity index (χ4n) is 1.61. The SMILES string of the molecule is CC(=C1CC1C(=O)O)C1CC1. The maximum atomic E-state index is 10.5. The normalized spacial score (nSPS) is 33.4. The van der Waals surface area contributed by atoms with Gasteiger partial charge in [0.1, 0.15) is 0 Å². The lowest BCUT2D eigenvalue weighted by Gasteiger charge is -1.92. The van der Waals surface area contributed by atoms with E-state index in [0.29, 0.717) is 0 Å². The molecule has 0 radical (unpaired) electrons. The van der Waals surface area contributed by atoms with Gasteiger partial charge in [0.2, 0.25) is 0 Å². The van der Waals surface area contributed by atoms with Gasteiger partial charge < -0.3 is 5.11 Å². The summed E-state index contributed by atoms with van der Waals surface area (Å²) in [5.74, 6) is -0.00931. The number of hydrogen-bond acceptors (Lipinski definition) is 1. The van der Waals surface area contributed by atoms with Gasteiger partial charge in [-0.3, -0.25) is 4.79 Å². The summed E-state index contributed by atoms with van der Waals surface area (Å²) in [4.78, 5) is 10.5. The minimum atomic E-state index is -0.639. The van der Waals surface area contributed by atoms with Crippen LogP contribution in [0.15, 0.2) is 11.1 Å². The van der Waals surface area contributed by atoms with Gasteiger partial charge in [0.25, 0.3) is 0 Å². The van der Waals surface area contributed by atoms with Gasteiger partial charge in [0.05, 0.1) is 5.92 Å². The first-order chi connectivity index (χ1) is 5.20. The van der Waals surface area contributed by atoms with E-state index in [4.69, 9.17) is 5.11 Å². The Bertz CT molecular complexity index is 236. The van der Waals surface area contributed by atoms with Crippen molar-refractivity contribution in [1.29, 1.82) is 0 Å². The van der Waals surface area contributed by atoms with E-state index in [9.17, 15) is 4.79 Å². The van der Waals surface area contributed by atoms with Crippen LogP contribution in [-0.4, -0.2) is 11.1 Å². The van der Waals surface area contributed by atoms with Crippen LogP contribution in [0.1, 0.15) is 26.2 Å². The summed E-state index contributed by atoms with van der Waals surface area (Å²) in [5, 5.41) is 8.64. The molecule has 0 saturated heterocycles. The minimum Gasteiger partial charge on any atom is -0.481 e. The van der Waals surface area contributed by atoms with Gasteiger partial charge in [-0.1, -0.05) is 11.1 Å². The third kappa shape index (κ3) is 1.17. The summed E-state index contributed by atoms with van der Waals surface area (Å²) in [7, 11) is 0. The molecule has 0 aromatic heterocycles. The Morgan fingerprint density at radius 3 is 2.55 bits per heavy atom. The quantitative estimate of drug-likeness (QED) is 0.613. The molecule has 2 saturated carbocycles. The van der Waals surface area contributed by atoms with Crippen LogP contribution in [0.2, 0.25) is 0 Å². The van der Waals surface area contributed by atoms with Crippen molar-refractivity contribution in [2.24, 2.45) is 11.8 Å². The average molecular weight is 152 g/mol. The second-order valence-corrected chi connectivity index (χ2v) is 3.58. The molecule has 2 heteroatoms. The summed E-state index contributed by atoms with van der Waals surface area (Å²) < 4.78 is 0. The highest BCUT2D eigenvalue weighted by molar-refractivity contribution is 5.79. The molecule has 0 aromatic carbocycles. The molecule has 2 aliphatic carbocycles. The molecule has 1 N–H and O–H groups in total. The number of hydrogen-bond donors (Lipinski definition) is 1. The van der Waals surface area contributed by atoms with Gasteiger partial charge in [-0.2, -0.15) is 0 Å². The minimum absolute atomic E-state index is 0.115. The molecule has 0 bridgehead atoms. The molecule has 0 amide bonds. The molecule has 0 aliphatic heterocycles. The number of allylic oxidation sites excluding steroid dienone is 1. The van der Waals surface area contributed by atoms with Gasteiger partial charge in [-0.05, 0) is 32.1 Å². The highest BCUT2D eigenvalue weighted by atomic mass is 16.4. The van der Waals surface area contributed by atoms with Crippen molar-refractivity contribution in [3.63, 3.8) is 0 Å². The van der Waals surface area contributed by atoms with Crippen LogP contribution >= 0.6 is 0 Å².